The number of hydrogen-bond donors (Lipinski definition) is 1. The normalized spacial score (nSPS) is 9.94. The van der Waals surface area contributed by atoms with Crippen molar-refractivity contribution in [3.63, 3.8) is 0 Å². The van der Waals surface area contributed by atoms with Gasteiger partial charge in [-0.15, -0.1) is 0 Å². The number of nitro groups is 1. The van der Waals surface area contributed by atoms with Crippen molar-refractivity contribution in [2.24, 2.45) is 0 Å². The topological polar surface area (TPSA) is 107 Å². The first-order valence-corrected chi connectivity index (χ1v) is 6.29. The van der Waals surface area contributed by atoms with Gasteiger partial charge in [0.2, 0.25) is 11.0 Å². The van der Waals surface area contributed by atoms with Crippen molar-refractivity contribution in [3.8, 4) is 0 Å². The van der Waals surface area contributed by atoms with Crippen LogP contribution in [-0.2, 0) is 4.74 Å². The number of thioether (sulfide) groups is 1. The third-order valence-electron chi connectivity index (χ3n) is 1.68. The standard InChI is InChI=1S/C8H9ClN4O4S/c1-3-17-8(14)12-6-4(13(15)16)5(9)10-7(11-6)18-2/h3H2,1-2H3,(H,10,11,12,14). The molecular formula is C8H9ClN4O4S. The van der Waals surface area contributed by atoms with Gasteiger partial charge in [0.05, 0.1) is 11.5 Å². The van der Waals surface area contributed by atoms with E-state index in [9.17, 15) is 14.9 Å². The molecule has 18 heavy (non-hydrogen) atoms. The van der Waals surface area contributed by atoms with Gasteiger partial charge < -0.3 is 4.74 Å². The zero-order chi connectivity index (χ0) is 13.7. The highest BCUT2D eigenvalue weighted by Crippen LogP contribution is 2.31. The Hall–Kier alpha value is -1.61. The number of anilines is 1. The van der Waals surface area contributed by atoms with Crippen LogP contribution >= 0.6 is 23.4 Å². The number of hydrogen-bond acceptors (Lipinski definition) is 7. The highest BCUT2D eigenvalue weighted by molar-refractivity contribution is 7.98. The molecule has 1 rings (SSSR count). The first kappa shape index (κ1) is 14.5. The molecule has 0 aliphatic heterocycles. The van der Waals surface area contributed by atoms with Crippen LogP contribution in [0.4, 0.5) is 16.3 Å². The Morgan fingerprint density at radius 1 is 1.61 bits per heavy atom. The third kappa shape index (κ3) is 3.44. The number of aromatic nitrogens is 2. The summed E-state index contributed by atoms with van der Waals surface area (Å²) in [5.74, 6) is -0.289. The molecule has 0 atom stereocenters. The van der Waals surface area contributed by atoms with Gasteiger partial charge in [-0.1, -0.05) is 23.4 Å². The summed E-state index contributed by atoms with van der Waals surface area (Å²) in [6, 6.07) is 0. The number of carbonyl (C=O) groups excluding carboxylic acids is 1. The van der Waals surface area contributed by atoms with Crippen molar-refractivity contribution in [2.45, 2.75) is 12.1 Å². The molecular weight excluding hydrogens is 284 g/mol. The summed E-state index contributed by atoms with van der Waals surface area (Å²) in [6.07, 6.45) is 0.827. The molecule has 0 fully saturated rings. The van der Waals surface area contributed by atoms with Gasteiger partial charge >= 0.3 is 11.8 Å². The quantitative estimate of drug-likeness (QED) is 0.298. The minimum absolute atomic E-state index is 0.133. The number of ether oxygens (including phenoxy) is 1. The summed E-state index contributed by atoms with van der Waals surface area (Å²) in [4.78, 5) is 28.8. The fraction of sp³-hybridized carbons (Fsp3) is 0.375. The van der Waals surface area contributed by atoms with E-state index in [2.05, 4.69) is 20.0 Å². The van der Waals surface area contributed by atoms with Crippen LogP contribution in [0.5, 0.6) is 0 Å². The summed E-state index contributed by atoms with van der Waals surface area (Å²) in [5.41, 5.74) is -0.567. The van der Waals surface area contributed by atoms with Crippen LogP contribution in [0.1, 0.15) is 6.92 Å². The molecule has 1 heterocycles. The van der Waals surface area contributed by atoms with Crippen molar-refractivity contribution >= 4 is 41.0 Å². The highest BCUT2D eigenvalue weighted by Gasteiger charge is 2.25. The lowest BCUT2D eigenvalue weighted by Gasteiger charge is -2.06. The van der Waals surface area contributed by atoms with Gasteiger partial charge in [-0.25, -0.2) is 9.78 Å². The molecule has 1 amide bonds. The molecule has 0 radical (unpaired) electrons. The monoisotopic (exact) mass is 292 g/mol. The zero-order valence-corrected chi connectivity index (χ0v) is 11.0. The first-order chi connectivity index (χ1) is 8.49. The van der Waals surface area contributed by atoms with Crippen LogP contribution in [0.3, 0.4) is 0 Å². The second-order valence-electron chi connectivity index (χ2n) is 2.80. The van der Waals surface area contributed by atoms with Crippen LogP contribution in [0, 0.1) is 10.1 Å². The Morgan fingerprint density at radius 3 is 2.78 bits per heavy atom. The molecule has 0 aromatic carbocycles. The molecule has 1 aromatic rings. The summed E-state index contributed by atoms with van der Waals surface area (Å²) in [6.45, 7) is 1.74. The number of nitrogens with one attached hydrogen (secondary N) is 1. The predicted octanol–water partition coefficient (Wildman–Crippen LogP) is 2.33. The maximum atomic E-state index is 11.2. The maximum Gasteiger partial charge on any atom is 0.412 e. The van der Waals surface area contributed by atoms with Crippen molar-refractivity contribution < 1.29 is 14.5 Å². The molecule has 0 bridgehead atoms. The lowest BCUT2D eigenvalue weighted by molar-refractivity contribution is -0.384. The molecule has 0 aliphatic carbocycles. The predicted molar refractivity (Wildman–Crippen MR) is 66.1 cm³/mol. The van der Waals surface area contributed by atoms with Gasteiger partial charge in [0.25, 0.3) is 0 Å². The Balaban J connectivity index is 3.17. The highest BCUT2D eigenvalue weighted by atomic mass is 35.5. The number of halogens is 1. The summed E-state index contributed by atoms with van der Waals surface area (Å²) in [7, 11) is 0. The molecule has 10 heteroatoms. The number of nitrogens with zero attached hydrogens (tertiary/aromatic N) is 3. The van der Waals surface area contributed by atoms with E-state index in [-0.39, 0.29) is 22.7 Å². The van der Waals surface area contributed by atoms with Crippen molar-refractivity contribution in [1.29, 1.82) is 0 Å². The van der Waals surface area contributed by atoms with E-state index >= 15 is 0 Å². The molecule has 8 nitrogen and oxygen atoms in total. The second kappa shape index (κ2) is 6.36. The minimum atomic E-state index is -0.845. The largest absolute Gasteiger partial charge is 0.450 e. The van der Waals surface area contributed by atoms with E-state index in [1.807, 2.05) is 0 Å². The van der Waals surface area contributed by atoms with Crippen molar-refractivity contribution in [1.82, 2.24) is 9.97 Å². The smallest absolute Gasteiger partial charge is 0.412 e. The summed E-state index contributed by atoms with van der Waals surface area (Å²) >= 11 is 6.81. The minimum Gasteiger partial charge on any atom is -0.450 e. The zero-order valence-electron chi connectivity index (χ0n) is 9.47. The van der Waals surface area contributed by atoms with Crippen LogP contribution in [0.2, 0.25) is 5.15 Å². The molecule has 0 saturated carbocycles. The van der Waals surface area contributed by atoms with Crippen molar-refractivity contribution in [3.05, 3.63) is 15.3 Å². The number of amides is 1. The van der Waals surface area contributed by atoms with Gasteiger partial charge in [-0.05, 0) is 13.2 Å². The van der Waals surface area contributed by atoms with E-state index in [1.165, 1.54) is 0 Å². The third-order valence-corrected chi connectivity index (χ3v) is 2.49. The Morgan fingerprint density at radius 2 is 2.28 bits per heavy atom. The Labute approximate surface area is 111 Å². The van der Waals surface area contributed by atoms with Crippen LogP contribution in [0.25, 0.3) is 0 Å². The van der Waals surface area contributed by atoms with Gasteiger partial charge in [-0.2, -0.15) is 4.98 Å². The summed E-state index contributed by atoms with van der Waals surface area (Å²) in [5, 5.41) is 12.8. The Kier molecular flexibility index (Phi) is 5.10. The van der Waals surface area contributed by atoms with Crippen LogP contribution in [0.15, 0.2) is 5.16 Å². The molecule has 0 saturated heterocycles. The first-order valence-electron chi connectivity index (χ1n) is 4.69. The van der Waals surface area contributed by atoms with Gasteiger partial charge in [0.1, 0.15) is 0 Å². The van der Waals surface area contributed by atoms with Gasteiger partial charge in [0, 0.05) is 0 Å². The molecule has 0 aliphatic rings. The Bertz CT molecular complexity index is 484. The van der Waals surface area contributed by atoms with E-state index < -0.39 is 16.7 Å². The maximum absolute atomic E-state index is 11.2. The molecule has 0 unspecified atom stereocenters. The number of carbonyl (C=O) groups is 1. The fourth-order valence-corrected chi connectivity index (χ4v) is 1.67. The van der Waals surface area contributed by atoms with E-state index in [0.29, 0.717) is 0 Å². The van der Waals surface area contributed by atoms with E-state index in [4.69, 9.17) is 11.6 Å². The lowest BCUT2D eigenvalue weighted by Crippen LogP contribution is -2.16. The lowest BCUT2D eigenvalue weighted by atomic mass is 10.5. The van der Waals surface area contributed by atoms with Crippen LogP contribution in [-0.4, -0.2) is 33.8 Å². The van der Waals surface area contributed by atoms with Crippen molar-refractivity contribution in [2.75, 3.05) is 18.2 Å². The summed E-state index contributed by atoms with van der Waals surface area (Å²) < 4.78 is 4.61. The number of rotatable bonds is 4. The molecule has 1 aromatic heterocycles. The average Bonchev–Trinajstić information content (AvgIpc) is 2.27. The van der Waals surface area contributed by atoms with Gasteiger partial charge in [0.15, 0.2) is 5.16 Å². The molecule has 0 spiro atoms. The molecule has 1 N–H and O–H groups in total. The molecule has 98 valence electrons. The van der Waals surface area contributed by atoms with E-state index in [0.717, 1.165) is 11.8 Å². The fourth-order valence-electron chi connectivity index (χ4n) is 1.01. The SMILES string of the molecule is CCOC(=O)Nc1nc(SC)nc(Cl)c1[N+](=O)[O-]. The average molecular weight is 293 g/mol. The second-order valence-corrected chi connectivity index (χ2v) is 3.93. The van der Waals surface area contributed by atoms with Gasteiger partial charge in [-0.3, -0.25) is 15.4 Å². The van der Waals surface area contributed by atoms with E-state index in [1.54, 1.807) is 13.2 Å². The van der Waals surface area contributed by atoms with Crippen LogP contribution < -0.4 is 5.32 Å².